The summed E-state index contributed by atoms with van der Waals surface area (Å²) in [4.78, 5) is 31.1. The number of hydrogen-bond acceptors (Lipinski definition) is 4. The number of benzene rings is 1. The monoisotopic (exact) mass is 394 g/mol. The van der Waals surface area contributed by atoms with Crippen LogP contribution in [0.2, 0.25) is 0 Å². The zero-order valence-electron chi connectivity index (χ0n) is 16.3. The first-order chi connectivity index (χ1) is 12.5. The predicted molar refractivity (Wildman–Crippen MR) is 110 cm³/mol. The fourth-order valence-corrected chi connectivity index (χ4v) is 3.69. The highest BCUT2D eigenvalue weighted by atomic mass is 35.5. The molecule has 150 valence electrons. The van der Waals surface area contributed by atoms with E-state index in [4.69, 9.17) is 5.73 Å². The second-order valence-electron chi connectivity index (χ2n) is 7.65. The van der Waals surface area contributed by atoms with E-state index in [0.717, 1.165) is 38.2 Å². The van der Waals surface area contributed by atoms with Crippen LogP contribution in [0.4, 0.5) is 5.69 Å². The molecule has 1 atom stereocenters. The van der Waals surface area contributed by atoms with E-state index in [0.29, 0.717) is 19.6 Å². The number of fused-ring (bicyclic) bond motifs is 1. The number of halogens is 1. The van der Waals surface area contributed by atoms with Crippen LogP contribution in [0.3, 0.4) is 0 Å². The fraction of sp³-hybridized carbons (Fsp3) is 0.600. The van der Waals surface area contributed by atoms with Crippen LogP contribution < -0.4 is 10.6 Å². The van der Waals surface area contributed by atoms with E-state index in [2.05, 4.69) is 11.0 Å². The zero-order chi connectivity index (χ0) is 18.7. The lowest BCUT2D eigenvalue weighted by molar-refractivity contribution is -0.135. The lowest BCUT2D eigenvalue weighted by Gasteiger charge is -2.37. The van der Waals surface area contributed by atoms with Crippen molar-refractivity contribution in [1.29, 1.82) is 0 Å². The van der Waals surface area contributed by atoms with E-state index < -0.39 is 6.04 Å². The Morgan fingerprint density at radius 1 is 1.07 bits per heavy atom. The summed E-state index contributed by atoms with van der Waals surface area (Å²) < 4.78 is 0. The van der Waals surface area contributed by atoms with Crippen molar-refractivity contribution in [1.82, 2.24) is 9.80 Å². The molecule has 3 rings (SSSR count). The Balaban J connectivity index is 0.00000261. The minimum atomic E-state index is -0.437. The molecule has 2 heterocycles. The van der Waals surface area contributed by atoms with E-state index >= 15 is 0 Å². The number of para-hydroxylation sites is 1. The van der Waals surface area contributed by atoms with Crippen LogP contribution in [0.25, 0.3) is 0 Å². The molecule has 7 heteroatoms. The van der Waals surface area contributed by atoms with E-state index in [1.54, 1.807) is 0 Å². The van der Waals surface area contributed by atoms with Crippen LogP contribution in [0.1, 0.15) is 25.8 Å². The number of amides is 2. The predicted octanol–water partition coefficient (Wildman–Crippen LogP) is 1.52. The Morgan fingerprint density at radius 2 is 1.74 bits per heavy atom. The molecule has 1 fully saturated rings. The maximum Gasteiger partial charge on any atom is 0.241 e. The minimum Gasteiger partial charge on any atom is -0.339 e. The van der Waals surface area contributed by atoms with Gasteiger partial charge in [-0.05, 0) is 30.4 Å². The number of carbonyl (C=O) groups excluding carboxylic acids is 2. The Labute approximate surface area is 168 Å². The average Bonchev–Trinajstić information content (AvgIpc) is 2.66. The summed E-state index contributed by atoms with van der Waals surface area (Å²) in [6, 6.07) is 7.73. The highest BCUT2D eigenvalue weighted by molar-refractivity contribution is 5.96. The lowest BCUT2D eigenvalue weighted by Crippen LogP contribution is -2.55. The van der Waals surface area contributed by atoms with Gasteiger partial charge in [-0.3, -0.25) is 14.5 Å². The molecule has 0 bridgehead atoms. The first kappa shape index (κ1) is 21.7. The fourth-order valence-electron chi connectivity index (χ4n) is 3.69. The topological polar surface area (TPSA) is 69.9 Å². The SMILES string of the molecule is CC(C)[C@H](N)C(=O)N1CCN(CC(=O)N2CCCc3ccccc32)CC1.Cl. The number of aryl methyl sites for hydroxylation is 1. The van der Waals surface area contributed by atoms with Gasteiger partial charge in [0, 0.05) is 38.4 Å². The van der Waals surface area contributed by atoms with Gasteiger partial charge in [0.1, 0.15) is 0 Å². The molecule has 2 amide bonds. The van der Waals surface area contributed by atoms with Crippen LogP contribution in [-0.4, -0.2) is 66.9 Å². The van der Waals surface area contributed by atoms with Crippen molar-refractivity contribution in [2.45, 2.75) is 32.7 Å². The highest BCUT2D eigenvalue weighted by Gasteiger charge is 2.29. The average molecular weight is 395 g/mol. The molecule has 2 aliphatic rings. The number of anilines is 1. The second kappa shape index (κ2) is 9.53. The zero-order valence-corrected chi connectivity index (χ0v) is 17.1. The second-order valence-corrected chi connectivity index (χ2v) is 7.65. The van der Waals surface area contributed by atoms with Gasteiger partial charge in [-0.15, -0.1) is 12.4 Å². The molecule has 0 spiro atoms. The molecule has 1 aromatic rings. The van der Waals surface area contributed by atoms with E-state index in [1.165, 1.54) is 5.56 Å². The van der Waals surface area contributed by atoms with E-state index in [1.807, 2.05) is 41.8 Å². The van der Waals surface area contributed by atoms with Crippen LogP contribution in [0.15, 0.2) is 24.3 Å². The number of piperazine rings is 1. The minimum absolute atomic E-state index is 0. The summed E-state index contributed by atoms with van der Waals surface area (Å²) in [7, 11) is 0. The van der Waals surface area contributed by atoms with Gasteiger partial charge in [0.2, 0.25) is 11.8 Å². The first-order valence-corrected chi connectivity index (χ1v) is 9.62. The van der Waals surface area contributed by atoms with Crippen LogP contribution >= 0.6 is 12.4 Å². The molecule has 1 aromatic carbocycles. The quantitative estimate of drug-likeness (QED) is 0.840. The molecular formula is C20H31ClN4O2. The third kappa shape index (κ3) is 5.00. The van der Waals surface area contributed by atoms with Gasteiger partial charge in [-0.25, -0.2) is 0 Å². The van der Waals surface area contributed by atoms with Gasteiger partial charge in [0.25, 0.3) is 0 Å². The summed E-state index contributed by atoms with van der Waals surface area (Å²) in [6.07, 6.45) is 2.05. The third-order valence-corrected chi connectivity index (χ3v) is 5.46. The number of nitrogens with two attached hydrogens (primary N) is 1. The summed E-state index contributed by atoms with van der Waals surface area (Å²) >= 11 is 0. The third-order valence-electron chi connectivity index (χ3n) is 5.46. The molecule has 0 unspecified atom stereocenters. The molecule has 0 radical (unpaired) electrons. The van der Waals surface area contributed by atoms with Crippen molar-refractivity contribution in [3.8, 4) is 0 Å². The summed E-state index contributed by atoms with van der Waals surface area (Å²) in [5, 5.41) is 0. The summed E-state index contributed by atoms with van der Waals surface area (Å²) in [5.41, 5.74) is 8.29. The van der Waals surface area contributed by atoms with E-state index in [-0.39, 0.29) is 30.1 Å². The molecule has 1 saturated heterocycles. The molecule has 27 heavy (non-hydrogen) atoms. The molecule has 6 nitrogen and oxygen atoms in total. The molecule has 0 saturated carbocycles. The van der Waals surface area contributed by atoms with Gasteiger partial charge in [0.05, 0.1) is 12.6 Å². The standard InChI is InChI=1S/C20H30N4O2.ClH/c1-15(2)19(21)20(26)23-12-10-22(11-13-23)14-18(25)24-9-5-7-16-6-3-4-8-17(16)24;/h3-4,6,8,15,19H,5,7,9-14,21H2,1-2H3;1H/t19-;/m0./s1. The van der Waals surface area contributed by atoms with Gasteiger partial charge in [-0.1, -0.05) is 32.0 Å². The van der Waals surface area contributed by atoms with Gasteiger partial charge < -0.3 is 15.5 Å². The normalized spacial score (nSPS) is 18.7. The molecule has 0 aromatic heterocycles. The van der Waals surface area contributed by atoms with Crippen molar-refractivity contribution < 1.29 is 9.59 Å². The number of hydrogen-bond donors (Lipinski definition) is 1. The molecular weight excluding hydrogens is 364 g/mol. The summed E-state index contributed by atoms with van der Waals surface area (Å²) in [5.74, 6) is 0.313. The van der Waals surface area contributed by atoms with Crippen molar-refractivity contribution in [2.24, 2.45) is 11.7 Å². The van der Waals surface area contributed by atoms with Gasteiger partial charge in [-0.2, -0.15) is 0 Å². The summed E-state index contributed by atoms with van der Waals surface area (Å²) in [6.45, 7) is 7.85. The van der Waals surface area contributed by atoms with Gasteiger partial charge in [0.15, 0.2) is 0 Å². The maximum absolute atomic E-state index is 12.8. The Hall–Kier alpha value is -1.63. The number of nitrogens with zero attached hydrogens (tertiary/aromatic N) is 3. The smallest absolute Gasteiger partial charge is 0.241 e. The maximum atomic E-state index is 12.8. The Kier molecular flexibility index (Phi) is 7.65. The number of rotatable bonds is 4. The van der Waals surface area contributed by atoms with Crippen molar-refractivity contribution >= 4 is 29.9 Å². The molecule has 2 N–H and O–H groups in total. The Bertz CT molecular complexity index is 659. The Morgan fingerprint density at radius 3 is 2.41 bits per heavy atom. The first-order valence-electron chi connectivity index (χ1n) is 9.62. The van der Waals surface area contributed by atoms with Crippen molar-refractivity contribution in [2.75, 3.05) is 44.2 Å². The van der Waals surface area contributed by atoms with Crippen molar-refractivity contribution in [3.05, 3.63) is 29.8 Å². The van der Waals surface area contributed by atoms with Crippen molar-refractivity contribution in [3.63, 3.8) is 0 Å². The highest BCUT2D eigenvalue weighted by Crippen LogP contribution is 2.26. The van der Waals surface area contributed by atoms with E-state index in [9.17, 15) is 9.59 Å². The molecule has 2 aliphatic heterocycles. The number of carbonyl (C=O) groups is 2. The van der Waals surface area contributed by atoms with Crippen LogP contribution in [0, 0.1) is 5.92 Å². The van der Waals surface area contributed by atoms with Crippen LogP contribution in [0.5, 0.6) is 0 Å². The largest absolute Gasteiger partial charge is 0.339 e. The lowest BCUT2D eigenvalue weighted by atomic mass is 10.0. The van der Waals surface area contributed by atoms with Crippen LogP contribution in [-0.2, 0) is 16.0 Å². The molecule has 0 aliphatic carbocycles. The van der Waals surface area contributed by atoms with Gasteiger partial charge >= 0.3 is 0 Å².